The van der Waals surface area contributed by atoms with Crippen LogP contribution in [0.4, 0.5) is 17.6 Å². The first kappa shape index (κ1) is 13.0. The first-order valence-corrected chi connectivity index (χ1v) is 5.13. The molecule has 0 aliphatic carbocycles. The lowest BCUT2D eigenvalue weighted by molar-refractivity contribution is -0.153. The Balaban J connectivity index is 2.97. The zero-order chi connectivity index (χ0) is 12.3. The van der Waals surface area contributed by atoms with Crippen LogP contribution in [-0.2, 0) is 0 Å². The number of halogens is 4. The summed E-state index contributed by atoms with van der Waals surface area (Å²) in [5.74, 6) is -2.08. The van der Waals surface area contributed by atoms with Gasteiger partial charge in [0, 0.05) is 0 Å². The Morgan fingerprint density at radius 1 is 1.06 bits per heavy atom. The summed E-state index contributed by atoms with van der Waals surface area (Å²) in [5.41, 5.74) is 0.127. The van der Waals surface area contributed by atoms with Gasteiger partial charge in [0.05, 0.1) is 5.92 Å². The third-order valence-electron chi connectivity index (χ3n) is 2.37. The topological polar surface area (TPSA) is 0 Å². The first-order valence-electron chi connectivity index (χ1n) is 5.13. The zero-order valence-corrected chi connectivity index (χ0v) is 9.18. The average molecular weight is 234 g/mol. The van der Waals surface area contributed by atoms with E-state index in [4.69, 9.17) is 0 Å². The molecule has 90 valence electrons. The second-order valence-electron chi connectivity index (χ2n) is 4.28. The molecule has 1 atom stereocenters. The molecule has 4 heteroatoms. The van der Waals surface area contributed by atoms with Crippen molar-refractivity contribution >= 4 is 0 Å². The van der Waals surface area contributed by atoms with Crippen molar-refractivity contribution in [3.63, 3.8) is 0 Å². The summed E-state index contributed by atoms with van der Waals surface area (Å²) in [6.07, 6.45) is -4.25. The summed E-state index contributed by atoms with van der Waals surface area (Å²) in [6.45, 7) is 3.48. The Labute approximate surface area is 92.3 Å². The minimum Gasteiger partial charge on any atom is -0.207 e. The summed E-state index contributed by atoms with van der Waals surface area (Å²) in [5, 5.41) is 0. The summed E-state index contributed by atoms with van der Waals surface area (Å²) < 4.78 is 50.9. The van der Waals surface area contributed by atoms with Crippen LogP contribution in [-0.4, -0.2) is 6.18 Å². The molecule has 0 bridgehead atoms. The van der Waals surface area contributed by atoms with Crippen molar-refractivity contribution in [1.82, 2.24) is 0 Å². The standard InChI is InChI=1S/C12H14F4/c1-8(2)7-11(12(14,15)16)9-3-5-10(13)6-4-9/h3-6,8,11H,7H2,1-2H3. The molecule has 0 saturated carbocycles. The third-order valence-corrected chi connectivity index (χ3v) is 2.37. The minimum atomic E-state index is -4.28. The highest BCUT2D eigenvalue weighted by Crippen LogP contribution is 2.39. The van der Waals surface area contributed by atoms with E-state index in [1.54, 1.807) is 13.8 Å². The molecule has 1 aromatic rings. The molecule has 1 aromatic carbocycles. The van der Waals surface area contributed by atoms with Crippen molar-refractivity contribution in [3.05, 3.63) is 35.6 Å². The van der Waals surface area contributed by atoms with Crippen LogP contribution < -0.4 is 0 Å². The van der Waals surface area contributed by atoms with E-state index in [0.717, 1.165) is 12.1 Å². The van der Waals surface area contributed by atoms with E-state index >= 15 is 0 Å². The Hall–Kier alpha value is -1.06. The fraction of sp³-hybridized carbons (Fsp3) is 0.500. The Bertz CT molecular complexity index is 324. The van der Waals surface area contributed by atoms with Gasteiger partial charge in [-0.2, -0.15) is 13.2 Å². The molecule has 0 aliphatic heterocycles. The van der Waals surface area contributed by atoms with Gasteiger partial charge in [-0.1, -0.05) is 26.0 Å². The molecule has 0 radical (unpaired) electrons. The molecular formula is C12H14F4. The monoisotopic (exact) mass is 234 g/mol. The number of rotatable bonds is 3. The van der Waals surface area contributed by atoms with Crippen molar-refractivity contribution in [3.8, 4) is 0 Å². The van der Waals surface area contributed by atoms with E-state index in [2.05, 4.69) is 0 Å². The van der Waals surface area contributed by atoms with Crippen molar-refractivity contribution < 1.29 is 17.6 Å². The van der Waals surface area contributed by atoms with Gasteiger partial charge in [0.15, 0.2) is 0 Å². The predicted molar refractivity (Wildman–Crippen MR) is 54.7 cm³/mol. The molecule has 0 fully saturated rings. The molecule has 0 aliphatic rings. The van der Waals surface area contributed by atoms with Gasteiger partial charge in [-0.3, -0.25) is 0 Å². The summed E-state index contributed by atoms with van der Waals surface area (Å²) >= 11 is 0. The van der Waals surface area contributed by atoms with E-state index in [0.29, 0.717) is 0 Å². The van der Waals surface area contributed by atoms with Gasteiger partial charge in [-0.05, 0) is 30.0 Å². The molecule has 16 heavy (non-hydrogen) atoms. The van der Waals surface area contributed by atoms with Crippen LogP contribution in [0.3, 0.4) is 0 Å². The Morgan fingerprint density at radius 2 is 1.56 bits per heavy atom. The number of hydrogen-bond acceptors (Lipinski definition) is 0. The van der Waals surface area contributed by atoms with Gasteiger partial charge in [0.2, 0.25) is 0 Å². The number of hydrogen-bond donors (Lipinski definition) is 0. The predicted octanol–water partition coefficient (Wildman–Crippen LogP) is 4.52. The minimum absolute atomic E-state index is 0.0229. The van der Waals surface area contributed by atoms with Gasteiger partial charge < -0.3 is 0 Å². The molecule has 1 unspecified atom stereocenters. The lowest BCUT2D eigenvalue weighted by Gasteiger charge is -2.22. The normalized spacial score (nSPS) is 14.2. The fourth-order valence-electron chi connectivity index (χ4n) is 1.63. The molecule has 0 spiro atoms. The van der Waals surface area contributed by atoms with Crippen LogP contribution in [0, 0.1) is 11.7 Å². The Kier molecular flexibility index (Phi) is 3.94. The van der Waals surface area contributed by atoms with Crippen LogP contribution in [0.5, 0.6) is 0 Å². The van der Waals surface area contributed by atoms with Crippen molar-refractivity contribution in [2.45, 2.75) is 32.4 Å². The first-order chi connectivity index (χ1) is 7.30. The van der Waals surface area contributed by atoms with Crippen molar-refractivity contribution in [2.75, 3.05) is 0 Å². The highest BCUT2D eigenvalue weighted by atomic mass is 19.4. The number of alkyl halides is 3. The lowest BCUT2D eigenvalue weighted by Crippen LogP contribution is -2.22. The molecular weight excluding hydrogens is 220 g/mol. The summed E-state index contributed by atoms with van der Waals surface area (Å²) in [7, 11) is 0. The fourth-order valence-corrected chi connectivity index (χ4v) is 1.63. The molecule has 0 saturated heterocycles. The maximum Gasteiger partial charge on any atom is 0.395 e. The Morgan fingerprint density at radius 3 is 1.94 bits per heavy atom. The second kappa shape index (κ2) is 4.85. The molecule has 0 heterocycles. The van der Waals surface area contributed by atoms with E-state index in [1.165, 1.54) is 12.1 Å². The SMILES string of the molecule is CC(C)CC(c1ccc(F)cc1)C(F)(F)F. The van der Waals surface area contributed by atoms with Gasteiger partial charge >= 0.3 is 6.18 Å². The third kappa shape index (κ3) is 3.51. The quantitative estimate of drug-likeness (QED) is 0.674. The second-order valence-corrected chi connectivity index (χ2v) is 4.28. The van der Waals surface area contributed by atoms with Crippen LogP contribution in [0.25, 0.3) is 0 Å². The van der Waals surface area contributed by atoms with Gasteiger partial charge in [0.1, 0.15) is 5.82 Å². The van der Waals surface area contributed by atoms with Crippen LogP contribution in [0.1, 0.15) is 31.7 Å². The lowest BCUT2D eigenvalue weighted by atomic mass is 9.90. The van der Waals surface area contributed by atoms with E-state index in [-0.39, 0.29) is 17.9 Å². The average Bonchev–Trinajstić information content (AvgIpc) is 2.14. The van der Waals surface area contributed by atoms with Crippen LogP contribution >= 0.6 is 0 Å². The van der Waals surface area contributed by atoms with E-state index in [1.807, 2.05) is 0 Å². The molecule has 0 N–H and O–H groups in total. The summed E-state index contributed by atoms with van der Waals surface area (Å²) in [6, 6.07) is 4.54. The summed E-state index contributed by atoms with van der Waals surface area (Å²) in [4.78, 5) is 0. The van der Waals surface area contributed by atoms with Crippen molar-refractivity contribution in [1.29, 1.82) is 0 Å². The maximum absolute atomic E-state index is 12.8. The molecule has 0 amide bonds. The molecule has 1 rings (SSSR count). The largest absolute Gasteiger partial charge is 0.395 e. The van der Waals surface area contributed by atoms with Gasteiger partial charge in [-0.25, -0.2) is 4.39 Å². The van der Waals surface area contributed by atoms with Crippen molar-refractivity contribution in [2.24, 2.45) is 5.92 Å². The van der Waals surface area contributed by atoms with Crippen LogP contribution in [0.2, 0.25) is 0 Å². The molecule has 0 aromatic heterocycles. The van der Waals surface area contributed by atoms with Gasteiger partial charge in [-0.15, -0.1) is 0 Å². The highest BCUT2D eigenvalue weighted by Gasteiger charge is 2.40. The van der Waals surface area contributed by atoms with E-state index < -0.39 is 17.9 Å². The zero-order valence-electron chi connectivity index (χ0n) is 9.18. The molecule has 0 nitrogen and oxygen atoms in total. The highest BCUT2D eigenvalue weighted by molar-refractivity contribution is 5.22. The number of benzene rings is 1. The van der Waals surface area contributed by atoms with Gasteiger partial charge in [0.25, 0.3) is 0 Å². The smallest absolute Gasteiger partial charge is 0.207 e. The van der Waals surface area contributed by atoms with Crippen LogP contribution in [0.15, 0.2) is 24.3 Å². The maximum atomic E-state index is 12.8. The van der Waals surface area contributed by atoms with E-state index in [9.17, 15) is 17.6 Å².